The topological polar surface area (TPSA) is 26.0 Å². The molecule has 0 aliphatic heterocycles. The Balaban J connectivity index is 2.56. The number of benzene rings is 2. The van der Waals surface area contributed by atoms with E-state index in [1.54, 1.807) is 0 Å². The third-order valence-corrected chi connectivity index (χ3v) is 4.21. The SMILES string of the molecule is NC(c1cc(Cl)c(Br)cc1F)c1c(F)cccc1Cl. The molecule has 0 radical (unpaired) electrons. The van der Waals surface area contributed by atoms with Crippen LogP contribution in [0.15, 0.2) is 34.8 Å². The van der Waals surface area contributed by atoms with Gasteiger partial charge in [-0.3, -0.25) is 0 Å². The van der Waals surface area contributed by atoms with Crippen LogP contribution in [0.25, 0.3) is 0 Å². The fraction of sp³-hybridized carbons (Fsp3) is 0.0769. The van der Waals surface area contributed by atoms with Crippen molar-refractivity contribution in [3.8, 4) is 0 Å². The highest BCUT2D eigenvalue weighted by Crippen LogP contribution is 2.33. The molecule has 0 aromatic heterocycles. The van der Waals surface area contributed by atoms with Crippen molar-refractivity contribution in [3.05, 3.63) is 67.6 Å². The lowest BCUT2D eigenvalue weighted by atomic mass is 9.98. The Kier molecular flexibility index (Phi) is 4.46. The van der Waals surface area contributed by atoms with Crippen LogP contribution in [-0.4, -0.2) is 0 Å². The molecule has 0 amide bonds. The van der Waals surface area contributed by atoms with Gasteiger partial charge in [0.15, 0.2) is 0 Å². The molecule has 0 saturated heterocycles. The summed E-state index contributed by atoms with van der Waals surface area (Å²) < 4.78 is 28.1. The molecule has 0 saturated carbocycles. The highest BCUT2D eigenvalue weighted by molar-refractivity contribution is 9.10. The van der Waals surface area contributed by atoms with E-state index in [-0.39, 0.29) is 16.1 Å². The van der Waals surface area contributed by atoms with Crippen LogP contribution in [0.1, 0.15) is 17.2 Å². The maximum Gasteiger partial charge on any atom is 0.129 e. The minimum atomic E-state index is -1.03. The lowest BCUT2D eigenvalue weighted by molar-refractivity contribution is 0.575. The highest BCUT2D eigenvalue weighted by atomic mass is 79.9. The molecule has 1 atom stereocenters. The van der Waals surface area contributed by atoms with E-state index in [0.717, 1.165) is 0 Å². The second kappa shape index (κ2) is 5.75. The van der Waals surface area contributed by atoms with Gasteiger partial charge in [-0.1, -0.05) is 29.3 Å². The first-order valence-corrected chi connectivity index (χ1v) is 6.80. The maximum atomic E-state index is 13.9. The van der Waals surface area contributed by atoms with Crippen LogP contribution in [0, 0.1) is 11.6 Å². The van der Waals surface area contributed by atoms with E-state index in [9.17, 15) is 8.78 Å². The minimum absolute atomic E-state index is 0.0430. The smallest absolute Gasteiger partial charge is 0.129 e. The van der Waals surface area contributed by atoms with Crippen molar-refractivity contribution in [2.45, 2.75) is 6.04 Å². The number of hydrogen-bond acceptors (Lipinski definition) is 1. The summed E-state index contributed by atoms with van der Waals surface area (Å²) in [6.45, 7) is 0. The Hall–Kier alpha value is -0.680. The number of rotatable bonds is 2. The summed E-state index contributed by atoms with van der Waals surface area (Å²) in [4.78, 5) is 0. The average molecular weight is 367 g/mol. The van der Waals surface area contributed by atoms with Crippen LogP contribution in [-0.2, 0) is 0 Å². The van der Waals surface area contributed by atoms with Gasteiger partial charge in [0, 0.05) is 20.6 Å². The molecule has 0 bridgehead atoms. The van der Waals surface area contributed by atoms with Gasteiger partial charge in [0.2, 0.25) is 0 Å². The molecule has 0 fully saturated rings. The normalized spacial score (nSPS) is 12.5. The molecule has 0 spiro atoms. The predicted octanol–water partition coefficient (Wildman–Crippen LogP) is 5.08. The summed E-state index contributed by atoms with van der Waals surface area (Å²) in [6, 6.07) is 5.69. The molecule has 19 heavy (non-hydrogen) atoms. The Labute approximate surface area is 127 Å². The second-order valence-corrected chi connectivity index (χ2v) is 5.57. The lowest BCUT2D eigenvalue weighted by Gasteiger charge is -2.16. The Morgan fingerprint density at radius 1 is 1.05 bits per heavy atom. The van der Waals surface area contributed by atoms with Crippen LogP contribution in [0.4, 0.5) is 8.78 Å². The predicted molar refractivity (Wildman–Crippen MR) is 76.6 cm³/mol. The molecule has 2 rings (SSSR count). The Morgan fingerprint density at radius 2 is 1.74 bits per heavy atom. The van der Waals surface area contributed by atoms with Gasteiger partial charge < -0.3 is 5.73 Å². The monoisotopic (exact) mass is 365 g/mol. The second-order valence-electron chi connectivity index (χ2n) is 3.90. The van der Waals surface area contributed by atoms with Gasteiger partial charge in [-0.05, 0) is 40.2 Å². The summed E-state index contributed by atoms with van der Waals surface area (Å²) in [5.74, 6) is -1.17. The van der Waals surface area contributed by atoms with Crippen LogP contribution >= 0.6 is 39.1 Å². The maximum absolute atomic E-state index is 13.9. The average Bonchev–Trinajstić information content (AvgIpc) is 2.33. The van der Waals surface area contributed by atoms with Crippen molar-refractivity contribution in [3.63, 3.8) is 0 Å². The molecule has 0 heterocycles. The summed E-state index contributed by atoms with van der Waals surface area (Å²) >= 11 is 14.9. The van der Waals surface area contributed by atoms with Crippen LogP contribution in [0.2, 0.25) is 10.0 Å². The van der Waals surface area contributed by atoms with E-state index in [0.29, 0.717) is 9.50 Å². The largest absolute Gasteiger partial charge is 0.320 e. The van der Waals surface area contributed by atoms with Crippen molar-refractivity contribution in [2.24, 2.45) is 5.73 Å². The van der Waals surface area contributed by atoms with Gasteiger partial charge in [-0.15, -0.1) is 0 Å². The lowest BCUT2D eigenvalue weighted by Crippen LogP contribution is -2.16. The van der Waals surface area contributed by atoms with Gasteiger partial charge >= 0.3 is 0 Å². The first kappa shape index (κ1) is 14.7. The zero-order chi connectivity index (χ0) is 14.2. The van der Waals surface area contributed by atoms with E-state index in [1.807, 2.05) is 0 Å². The van der Waals surface area contributed by atoms with E-state index < -0.39 is 17.7 Å². The zero-order valence-corrected chi connectivity index (χ0v) is 12.5. The molecule has 6 heteroatoms. The van der Waals surface area contributed by atoms with Gasteiger partial charge in [-0.2, -0.15) is 0 Å². The van der Waals surface area contributed by atoms with Crippen molar-refractivity contribution in [2.75, 3.05) is 0 Å². The van der Waals surface area contributed by atoms with Crippen LogP contribution in [0.3, 0.4) is 0 Å². The van der Waals surface area contributed by atoms with Crippen molar-refractivity contribution < 1.29 is 8.78 Å². The van der Waals surface area contributed by atoms with E-state index in [1.165, 1.54) is 30.3 Å². The molecule has 100 valence electrons. The molecule has 2 aromatic carbocycles. The highest BCUT2D eigenvalue weighted by Gasteiger charge is 2.21. The fourth-order valence-corrected chi connectivity index (χ4v) is 2.51. The summed E-state index contributed by atoms with van der Waals surface area (Å²) in [6.07, 6.45) is 0. The quantitative estimate of drug-likeness (QED) is 0.736. The van der Waals surface area contributed by atoms with Crippen LogP contribution < -0.4 is 5.73 Å². The first-order chi connectivity index (χ1) is 8.91. The molecule has 2 aromatic rings. The summed E-state index contributed by atoms with van der Waals surface area (Å²) in [7, 11) is 0. The van der Waals surface area contributed by atoms with Crippen molar-refractivity contribution in [1.29, 1.82) is 0 Å². The molecule has 1 unspecified atom stereocenters. The van der Waals surface area contributed by atoms with Crippen molar-refractivity contribution >= 4 is 39.1 Å². The molecular weight excluding hydrogens is 359 g/mol. The van der Waals surface area contributed by atoms with E-state index in [4.69, 9.17) is 28.9 Å². The van der Waals surface area contributed by atoms with Crippen LogP contribution in [0.5, 0.6) is 0 Å². The fourth-order valence-electron chi connectivity index (χ4n) is 1.74. The molecule has 0 aliphatic rings. The molecule has 1 nitrogen and oxygen atoms in total. The third kappa shape index (κ3) is 2.92. The minimum Gasteiger partial charge on any atom is -0.320 e. The molecule has 0 aliphatic carbocycles. The van der Waals surface area contributed by atoms with E-state index >= 15 is 0 Å². The number of nitrogens with two attached hydrogens (primary N) is 1. The zero-order valence-electron chi connectivity index (χ0n) is 9.43. The van der Waals surface area contributed by atoms with Crippen molar-refractivity contribution in [1.82, 2.24) is 0 Å². The van der Waals surface area contributed by atoms with E-state index in [2.05, 4.69) is 15.9 Å². The van der Waals surface area contributed by atoms with Gasteiger partial charge in [0.1, 0.15) is 11.6 Å². The molecule has 2 N–H and O–H groups in total. The summed E-state index contributed by atoms with van der Waals surface area (Å²) in [5, 5.41) is 0.435. The van der Waals surface area contributed by atoms with Gasteiger partial charge in [-0.25, -0.2) is 8.78 Å². The number of hydrogen-bond donors (Lipinski definition) is 1. The Bertz CT molecular complexity index is 614. The van der Waals surface area contributed by atoms with Gasteiger partial charge in [0.25, 0.3) is 0 Å². The number of halogens is 5. The first-order valence-electron chi connectivity index (χ1n) is 5.25. The Morgan fingerprint density at radius 3 is 2.37 bits per heavy atom. The standard InChI is InChI=1S/C13H8BrCl2F2N/c14-7-5-11(18)6(4-9(7)16)13(19)12-8(15)2-1-3-10(12)17/h1-5,13H,19H2. The summed E-state index contributed by atoms with van der Waals surface area (Å²) in [5.41, 5.74) is 6.03. The van der Waals surface area contributed by atoms with Gasteiger partial charge in [0.05, 0.1) is 11.1 Å². The third-order valence-electron chi connectivity index (χ3n) is 2.69. The molecular formula is C13H8BrCl2F2N.